The number of hydrogen-bond donors (Lipinski definition) is 1. The van der Waals surface area contributed by atoms with Gasteiger partial charge in [-0.15, -0.1) is 0 Å². The van der Waals surface area contributed by atoms with Gasteiger partial charge in [0.05, 0.1) is 22.9 Å². The van der Waals surface area contributed by atoms with Crippen LogP contribution < -0.4 is 5.32 Å². The van der Waals surface area contributed by atoms with E-state index in [2.05, 4.69) is 24.3 Å². The van der Waals surface area contributed by atoms with Crippen LogP contribution in [0.3, 0.4) is 0 Å². The number of benzene rings is 1. The lowest BCUT2D eigenvalue weighted by molar-refractivity contribution is -0.145. The molecular weight excluding hydrogens is 428 g/mol. The fourth-order valence-corrected chi connectivity index (χ4v) is 5.89. The van der Waals surface area contributed by atoms with Crippen LogP contribution in [0.4, 0.5) is 5.82 Å². The molecule has 160 valence electrons. The maximum atomic E-state index is 12.8. The summed E-state index contributed by atoms with van der Waals surface area (Å²) >= 11 is 5.96. The number of aromatic nitrogens is 2. The highest BCUT2D eigenvalue weighted by atomic mass is 35.5. The number of nitrogens with one attached hydrogen (secondary N) is 1. The van der Waals surface area contributed by atoms with E-state index in [4.69, 9.17) is 11.6 Å². The molecule has 2 amide bonds. The van der Waals surface area contributed by atoms with Gasteiger partial charge in [-0.25, -0.2) is 13.1 Å². The van der Waals surface area contributed by atoms with Crippen molar-refractivity contribution in [1.29, 1.82) is 0 Å². The number of likely N-dealkylation sites (tertiary alicyclic amines) is 1. The summed E-state index contributed by atoms with van der Waals surface area (Å²) in [7, 11) is -3.32. The molecule has 0 saturated carbocycles. The van der Waals surface area contributed by atoms with Crippen LogP contribution in [0.5, 0.6) is 0 Å². The van der Waals surface area contributed by atoms with E-state index in [-0.39, 0.29) is 17.3 Å². The summed E-state index contributed by atoms with van der Waals surface area (Å²) in [5.41, 5.74) is 1.41. The largest absolute Gasteiger partial charge is 0.334 e. The summed E-state index contributed by atoms with van der Waals surface area (Å²) in [6.07, 6.45) is 1.01. The van der Waals surface area contributed by atoms with Crippen LogP contribution in [0, 0.1) is 11.8 Å². The summed E-state index contributed by atoms with van der Waals surface area (Å²) in [5, 5.41) is 7.57. The number of sulfone groups is 1. The second kappa shape index (κ2) is 7.70. The van der Waals surface area contributed by atoms with E-state index in [1.165, 1.54) is 4.68 Å². The van der Waals surface area contributed by atoms with Crippen LogP contribution in [-0.2, 0) is 30.9 Å². The molecular formula is C20H23ClN4O4S. The minimum absolute atomic E-state index is 0.194. The second-order valence-electron chi connectivity index (χ2n) is 8.30. The minimum atomic E-state index is -3.32. The van der Waals surface area contributed by atoms with Crippen molar-refractivity contribution in [1.82, 2.24) is 14.7 Å². The SMILES string of the molecule is CC1CC(C)CN(C(=O)C(=O)Nc2c3c(nn2-c2ccc(Cl)cc2)CS(=O)(=O)C3)C1. The van der Waals surface area contributed by atoms with Gasteiger partial charge in [-0.1, -0.05) is 25.4 Å². The molecule has 10 heteroatoms. The molecule has 0 aliphatic carbocycles. The van der Waals surface area contributed by atoms with Crippen molar-refractivity contribution in [3.63, 3.8) is 0 Å². The number of halogens is 1. The molecule has 0 radical (unpaired) electrons. The quantitative estimate of drug-likeness (QED) is 0.708. The first-order valence-corrected chi connectivity index (χ1v) is 12.0. The number of hydrogen-bond acceptors (Lipinski definition) is 5. The lowest BCUT2D eigenvalue weighted by atomic mass is 9.92. The summed E-state index contributed by atoms with van der Waals surface area (Å²) < 4.78 is 25.6. The average molecular weight is 451 g/mol. The molecule has 2 atom stereocenters. The van der Waals surface area contributed by atoms with E-state index in [9.17, 15) is 18.0 Å². The zero-order chi connectivity index (χ0) is 21.6. The van der Waals surface area contributed by atoms with E-state index in [1.54, 1.807) is 29.2 Å². The lowest BCUT2D eigenvalue weighted by Gasteiger charge is -2.34. The Morgan fingerprint density at radius 1 is 1.10 bits per heavy atom. The van der Waals surface area contributed by atoms with E-state index in [0.29, 0.717) is 46.9 Å². The third kappa shape index (κ3) is 4.09. The maximum absolute atomic E-state index is 12.8. The fourth-order valence-electron chi connectivity index (χ4n) is 4.27. The van der Waals surface area contributed by atoms with Gasteiger partial charge in [-0.3, -0.25) is 9.59 Å². The number of amides is 2. The summed E-state index contributed by atoms with van der Waals surface area (Å²) in [5.74, 6) is -0.979. The van der Waals surface area contributed by atoms with Crippen molar-refractivity contribution < 1.29 is 18.0 Å². The molecule has 3 heterocycles. The van der Waals surface area contributed by atoms with Gasteiger partial charge in [0, 0.05) is 23.7 Å². The number of fused-ring (bicyclic) bond motifs is 1. The van der Waals surface area contributed by atoms with Crippen molar-refractivity contribution in [3.8, 4) is 5.69 Å². The first kappa shape index (κ1) is 20.9. The van der Waals surface area contributed by atoms with Crippen molar-refractivity contribution in [3.05, 3.63) is 40.5 Å². The molecule has 0 bridgehead atoms. The monoisotopic (exact) mass is 450 g/mol. The van der Waals surface area contributed by atoms with Crippen molar-refractivity contribution in [2.45, 2.75) is 31.8 Å². The van der Waals surface area contributed by atoms with Crippen molar-refractivity contribution in [2.75, 3.05) is 18.4 Å². The van der Waals surface area contributed by atoms with Gasteiger partial charge in [0.2, 0.25) is 0 Å². The molecule has 2 aromatic rings. The van der Waals surface area contributed by atoms with Crippen LogP contribution in [-0.4, -0.2) is 48.0 Å². The number of carbonyl (C=O) groups is 2. The minimum Gasteiger partial charge on any atom is -0.334 e. The predicted molar refractivity (Wildman–Crippen MR) is 113 cm³/mol. The van der Waals surface area contributed by atoms with Gasteiger partial charge in [0.15, 0.2) is 9.84 Å². The topological polar surface area (TPSA) is 101 Å². The molecule has 1 aromatic carbocycles. The van der Waals surface area contributed by atoms with Gasteiger partial charge >= 0.3 is 11.8 Å². The highest BCUT2D eigenvalue weighted by Crippen LogP contribution is 2.33. The van der Waals surface area contributed by atoms with E-state index < -0.39 is 21.7 Å². The molecule has 30 heavy (non-hydrogen) atoms. The molecule has 1 N–H and O–H groups in total. The van der Waals surface area contributed by atoms with Gasteiger partial charge in [-0.05, 0) is 42.5 Å². The highest BCUT2D eigenvalue weighted by molar-refractivity contribution is 7.90. The van der Waals surface area contributed by atoms with Crippen LogP contribution >= 0.6 is 11.6 Å². The van der Waals surface area contributed by atoms with Crippen molar-refractivity contribution >= 4 is 39.1 Å². The summed E-state index contributed by atoms with van der Waals surface area (Å²) in [4.78, 5) is 27.2. The molecule has 2 aliphatic rings. The Kier molecular flexibility index (Phi) is 5.36. The summed E-state index contributed by atoms with van der Waals surface area (Å²) in [6.45, 7) is 5.17. The Hall–Kier alpha value is -2.39. The third-order valence-electron chi connectivity index (χ3n) is 5.44. The number of carbonyl (C=O) groups excluding carboxylic acids is 2. The van der Waals surface area contributed by atoms with Gasteiger partial charge in [0.1, 0.15) is 5.82 Å². The van der Waals surface area contributed by atoms with Gasteiger partial charge in [-0.2, -0.15) is 5.10 Å². The normalized spacial score (nSPS) is 22.6. The molecule has 2 unspecified atom stereocenters. The van der Waals surface area contributed by atoms with E-state index >= 15 is 0 Å². The van der Waals surface area contributed by atoms with Crippen molar-refractivity contribution in [2.24, 2.45) is 11.8 Å². The maximum Gasteiger partial charge on any atom is 0.315 e. The molecule has 8 nitrogen and oxygen atoms in total. The zero-order valence-corrected chi connectivity index (χ0v) is 18.3. The van der Waals surface area contributed by atoms with E-state index in [0.717, 1.165) is 6.42 Å². The van der Waals surface area contributed by atoms with Crippen LogP contribution in [0.1, 0.15) is 31.5 Å². The summed E-state index contributed by atoms with van der Waals surface area (Å²) in [6, 6.07) is 6.77. The Bertz CT molecular complexity index is 1100. The Morgan fingerprint density at radius 3 is 2.37 bits per heavy atom. The second-order valence-corrected chi connectivity index (χ2v) is 10.8. The number of anilines is 1. The standard InChI is InChI=1S/C20H23ClN4O4S/c1-12-7-13(2)9-24(8-12)20(27)19(26)22-18-16-10-30(28,29)11-17(16)23-25(18)15-5-3-14(21)4-6-15/h3-6,12-13H,7-11H2,1-2H3,(H,22,26). The molecule has 1 saturated heterocycles. The Morgan fingerprint density at radius 2 is 1.73 bits per heavy atom. The van der Waals surface area contributed by atoms with Gasteiger partial charge in [0.25, 0.3) is 0 Å². The number of nitrogens with zero attached hydrogens (tertiary/aromatic N) is 3. The smallest absolute Gasteiger partial charge is 0.315 e. The van der Waals surface area contributed by atoms with Crippen LogP contribution in [0.15, 0.2) is 24.3 Å². The molecule has 1 aromatic heterocycles. The first-order chi connectivity index (χ1) is 14.1. The zero-order valence-electron chi connectivity index (χ0n) is 16.8. The fraction of sp³-hybridized carbons (Fsp3) is 0.450. The van der Waals surface area contributed by atoms with E-state index in [1.807, 2.05) is 0 Å². The van der Waals surface area contributed by atoms with Gasteiger partial charge < -0.3 is 10.2 Å². The average Bonchev–Trinajstić information content (AvgIpc) is 3.13. The highest BCUT2D eigenvalue weighted by Gasteiger charge is 2.35. The van der Waals surface area contributed by atoms with Crippen LogP contribution in [0.25, 0.3) is 5.69 Å². The Balaban J connectivity index is 1.65. The number of rotatable bonds is 2. The Labute approximate surface area is 180 Å². The first-order valence-electron chi connectivity index (χ1n) is 9.80. The predicted octanol–water partition coefficient (Wildman–Crippen LogP) is 2.40. The number of piperidine rings is 1. The molecule has 1 fully saturated rings. The lowest BCUT2D eigenvalue weighted by Crippen LogP contribution is -2.47. The molecule has 2 aliphatic heterocycles. The van der Waals surface area contributed by atoms with Crippen LogP contribution in [0.2, 0.25) is 5.02 Å². The molecule has 4 rings (SSSR count). The molecule has 0 spiro atoms. The third-order valence-corrected chi connectivity index (χ3v) is 7.13.